The molecule has 0 radical (unpaired) electrons. The Balaban J connectivity index is 2.11. The highest BCUT2D eigenvalue weighted by atomic mass is 35.5. The molecule has 0 amide bonds. The number of nitrogens with zero attached hydrogens (tertiary/aromatic N) is 3. The van der Waals surface area contributed by atoms with Gasteiger partial charge in [-0.15, -0.1) is 0 Å². The summed E-state index contributed by atoms with van der Waals surface area (Å²) in [5.41, 5.74) is -0.604. The van der Waals surface area contributed by atoms with Crippen molar-refractivity contribution in [2.45, 2.75) is 37.9 Å². The van der Waals surface area contributed by atoms with Gasteiger partial charge in [-0.1, -0.05) is 24.4 Å². The molecule has 0 unspecified atom stereocenters. The van der Waals surface area contributed by atoms with Crippen LogP contribution in [0.15, 0.2) is 6.07 Å². The van der Waals surface area contributed by atoms with Crippen LogP contribution in [0.25, 0.3) is 0 Å². The second-order valence-electron chi connectivity index (χ2n) is 5.19. The first-order valence-corrected chi connectivity index (χ1v) is 6.86. The number of hydrogen-bond donors (Lipinski definition) is 1. The number of ether oxygens (including phenoxy) is 1. The molecule has 0 spiro atoms. The SMILES string of the molecule is COCc1nc(Cl)cc(N(C)CC2(O)CCCC2)n1. The molecule has 1 aromatic heterocycles. The molecule has 1 N–H and O–H groups in total. The fourth-order valence-corrected chi connectivity index (χ4v) is 2.75. The minimum atomic E-state index is -0.604. The molecule has 0 atom stereocenters. The maximum Gasteiger partial charge on any atom is 0.158 e. The number of halogens is 1. The first-order chi connectivity index (χ1) is 9.02. The highest BCUT2D eigenvalue weighted by Crippen LogP contribution is 2.31. The van der Waals surface area contributed by atoms with Gasteiger partial charge in [-0.3, -0.25) is 0 Å². The summed E-state index contributed by atoms with van der Waals surface area (Å²) in [6.07, 6.45) is 3.87. The van der Waals surface area contributed by atoms with Crippen LogP contribution in [-0.2, 0) is 11.3 Å². The minimum absolute atomic E-state index is 0.325. The zero-order valence-electron chi connectivity index (χ0n) is 11.4. The molecule has 5 nitrogen and oxygen atoms in total. The summed E-state index contributed by atoms with van der Waals surface area (Å²) in [7, 11) is 3.50. The van der Waals surface area contributed by atoms with Gasteiger partial charge < -0.3 is 14.7 Å². The Hall–Kier alpha value is -0.910. The normalized spacial score (nSPS) is 17.7. The van der Waals surface area contributed by atoms with E-state index in [0.717, 1.165) is 25.7 Å². The van der Waals surface area contributed by atoms with E-state index >= 15 is 0 Å². The van der Waals surface area contributed by atoms with Crippen LogP contribution in [0.4, 0.5) is 5.82 Å². The van der Waals surface area contributed by atoms with E-state index < -0.39 is 5.60 Å². The van der Waals surface area contributed by atoms with Crippen molar-refractivity contribution < 1.29 is 9.84 Å². The third-order valence-corrected chi connectivity index (χ3v) is 3.65. The zero-order chi connectivity index (χ0) is 13.9. The first-order valence-electron chi connectivity index (χ1n) is 6.48. The fourth-order valence-electron chi connectivity index (χ4n) is 2.55. The Kier molecular flexibility index (Phi) is 4.60. The predicted molar refractivity (Wildman–Crippen MR) is 74.4 cm³/mol. The molecule has 106 valence electrons. The molecule has 1 fully saturated rings. The molecule has 1 aliphatic rings. The van der Waals surface area contributed by atoms with Crippen molar-refractivity contribution in [1.82, 2.24) is 9.97 Å². The number of methoxy groups -OCH3 is 1. The van der Waals surface area contributed by atoms with Gasteiger partial charge >= 0.3 is 0 Å². The summed E-state index contributed by atoms with van der Waals surface area (Å²) in [6.45, 7) is 0.887. The van der Waals surface area contributed by atoms with Crippen LogP contribution in [0.1, 0.15) is 31.5 Å². The van der Waals surface area contributed by atoms with Gasteiger partial charge in [0.2, 0.25) is 0 Å². The van der Waals surface area contributed by atoms with E-state index in [0.29, 0.717) is 29.9 Å². The topological polar surface area (TPSA) is 58.5 Å². The molecule has 1 saturated carbocycles. The average molecular weight is 286 g/mol. The predicted octanol–water partition coefficient (Wildman–Crippen LogP) is 2.02. The minimum Gasteiger partial charge on any atom is -0.388 e. The number of aromatic nitrogens is 2. The van der Waals surface area contributed by atoms with Gasteiger partial charge in [0.15, 0.2) is 5.82 Å². The van der Waals surface area contributed by atoms with Gasteiger partial charge in [-0.2, -0.15) is 0 Å². The van der Waals surface area contributed by atoms with Crippen LogP contribution >= 0.6 is 11.6 Å². The van der Waals surface area contributed by atoms with Crippen LogP contribution in [0.2, 0.25) is 5.15 Å². The number of likely N-dealkylation sites (N-methyl/N-ethyl adjacent to an activating group) is 1. The van der Waals surface area contributed by atoms with E-state index in [4.69, 9.17) is 16.3 Å². The van der Waals surface area contributed by atoms with Crippen molar-refractivity contribution in [3.63, 3.8) is 0 Å². The van der Waals surface area contributed by atoms with Crippen LogP contribution in [0, 0.1) is 0 Å². The smallest absolute Gasteiger partial charge is 0.158 e. The molecule has 0 bridgehead atoms. The van der Waals surface area contributed by atoms with Crippen molar-refractivity contribution in [3.8, 4) is 0 Å². The molecule has 1 heterocycles. The maximum absolute atomic E-state index is 10.4. The largest absolute Gasteiger partial charge is 0.388 e. The highest BCUT2D eigenvalue weighted by Gasteiger charge is 2.32. The summed E-state index contributed by atoms with van der Waals surface area (Å²) in [4.78, 5) is 10.4. The van der Waals surface area contributed by atoms with Crippen molar-refractivity contribution in [3.05, 3.63) is 17.0 Å². The van der Waals surface area contributed by atoms with Crippen LogP contribution in [0.5, 0.6) is 0 Å². The van der Waals surface area contributed by atoms with Gasteiger partial charge in [-0.25, -0.2) is 9.97 Å². The third-order valence-electron chi connectivity index (χ3n) is 3.46. The maximum atomic E-state index is 10.4. The molecule has 19 heavy (non-hydrogen) atoms. The van der Waals surface area contributed by atoms with E-state index in [1.165, 1.54) is 0 Å². The Labute approximate surface area is 118 Å². The Morgan fingerprint density at radius 1 is 1.42 bits per heavy atom. The highest BCUT2D eigenvalue weighted by molar-refractivity contribution is 6.29. The van der Waals surface area contributed by atoms with Gasteiger partial charge in [-0.05, 0) is 12.8 Å². The van der Waals surface area contributed by atoms with Crippen LogP contribution in [-0.4, -0.2) is 41.4 Å². The lowest BCUT2D eigenvalue weighted by Crippen LogP contribution is -2.39. The lowest BCUT2D eigenvalue weighted by Gasteiger charge is -2.29. The summed E-state index contributed by atoms with van der Waals surface area (Å²) < 4.78 is 5.02. The second kappa shape index (κ2) is 6.03. The molecular formula is C13H20ClN3O2. The summed E-state index contributed by atoms with van der Waals surface area (Å²) in [5.74, 6) is 1.27. The molecule has 0 aliphatic heterocycles. The van der Waals surface area contributed by atoms with Crippen LogP contribution in [0.3, 0.4) is 0 Å². The van der Waals surface area contributed by atoms with Gasteiger partial charge in [0.25, 0.3) is 0 Å². The van der Waals surface area contributed by atoms with E-state index in [9.17, 15) is 5.11 Å². The Morgan fingerprint density at radius 2 is 2.11 bits per heavy atom. The molecule has 1 aromatic rings. The average Bonchev–Trinajstić information content (AvgIpc) is 2.75. The number of aliphatic hydroxyl groups is 1. The van der Waals surface area contributed by atoms with E-state index in [-0.39, 0.29) is 0 Å². The molecule has 6 heteroatoms. The number of anilines is 1. The summed E-state index contributed by atoms with van der Waals surface area (Å²) >= 11 is 5.99. The van der Waals surface area contributed by atoms with Crippen molar-refractivity contribution in [2.75, 3.05) is 25.6 Å². The Bertz CT molecular complexity index is 436. The number of rotatable bonds is 5. The first kappa shape index (κ1) is 14.5. The van der Waals surface area contributed by atoms with Gasteiger partial charge in [0.1, 0.15) is 17.6 Å². The van der Waals surface area contributed by atoms with Gasteiger partial charge in [0.05, 0.1) is 5.60 Å². The second-order valence-corrected chi connectivity index (χ2v) is 5.57. The van der Waals surface area contributed by atoms with Crippen molar-refractivity contribution in [1.29, 1.82) is 0 Å². The van der Waals surface area contributed by atoms with Crippen LogP contribution < -0.4 is 4.90 Å². The van der Waals surface area contributed by atoms with E-state index in [1.54, 1.807) is 13.2 Å². The summed E-state index contributed by atoms with van der Waals surface area (Å²) in [5, 5.41) is 10.8. The lowest BCUT2D eigenvalue weighted by atomic mass is 10.0. The molecule has 0 saturated heterocycles. The standard InChI is InChI=1S/C13H20ClN3O2/c1-17(9-13(18)5-3-4-6-13)12-7-10(14)15-11(16-12)8-19-2/h7,18H,3-6,8-9H2,1-2H3. The van der Waals surface area contributed by atoms with Crippen molar-refractivity contribution in [2.24, 2.45) is 0 Å². The number of hydrogen-bond acceptors (Lipinski definition) is 5. The van der Waals surface area contributed by atoms with E-state index in [1.807, 2.05) is 11.9 Å². The fraction of sp³-hybridized carbons (Fsp3) is 0.692. The lowest BCUT2D eigenvalue weighted by molar-refractivity contribution is 0.0557. The molecular weight excluding hydrogens is 266 g/mol. The molecule has 1 aliphatic carbocycles. The Morgan fingerprint density at radius 3 is 2.74 bits per heavy atom. The molecule has 2 rings (SSSR count). The zero-order valence-corrected chi connectivity index (χ0v) is 12.2. The monoisotopic (exact) mass is 285 g/mol. The van der Waals surface area contributed by atoms with Gasteiger partial charge in [0, 0.05) is 26.8 Å². The van der Waals surface area contributed by atoms with Crippen molar-refractivity contribution >= 4 is 17.4 Å². The van der Waals surface area contributed by atoms with E-state index in [2.05, 4.69) is 9.97 Å². The molecule has 0 aromatic carbocycles. The summed E-state index contributed by atoms with van der Waals surface area (Å²) in [6, 6.07) is 1.71. The third kappa shape index (κ3) is 3.78. The quantitative estimate of drug-likeness (QED) is 0.839.